The molecule has 2 aromatic rings. The minimum Gasteiger partial charge on any atom is -0.353 e. The predicted molar refractivity (Wildman–Crippen MR) is 112 cm³/mol. The van der Waals surface area contributed by atoms with Crippen molar-refractivity contribution in [1.82, 2.24) is 15.1 Å². The van der Waals surface area contributed by atoms with Gasteiger partial charge >= 0.3 is 0 Å². The van der Waals surface area contributed by atoms with Crippen molar-refractivity contribution >= 4 is 17.6 Å². The van der Waals surface area contributed by atoms with E-state index in [9.17, 15) is 14.4 Å². The Hall–Kier alpha value is -2.99. The second-order valence-electron chi connectivity index (χ2n) is 7.53. The van der Waals surface area contributed by atoms with Crippen LogP contribution in [0.3, 0.4) is 0 Å². The summed E-state index contributed by atoms with van der Waals surface area (Å²) in [6, 6.07) is 16.1. The molecule has 1 saturated heterocycles. The van der Waals surface area contributed by atoms with Crippen LogP contribution >= 0.6 is 0 Å². The van der Waals surface area contributed by atoms with E-state index in [4.69, 9.17) is 0 Å². The average Bonchev–Trinajstić information content (AvgIpc) is 2.73. The fraction of sp³-hybridized carbons (Fsp3) is 0.348. The fourth-order valence-corrected chi connectivity index (χ4v) is 3.46. The maximum absolute atomic E-state index is 13.1. The van der Waals surface area contributed by atoms with Crippen LogP contribution in [0.5, 0.6) is 0 Å². The number of hydrogen-bond donors (Lipinski definition) is 1. The Morgan fingerprint density at radius 2 is 1.45 bits per heavy atom. The first-order chi connectivity index (χ1) is 14.0. The molecule has 0 aliphatic carbocycles. The van der Waals surface area contributed by atoms with E-state index in [1.165, 1.54) is 0 Å². The van der Waals surface area contributed by atoms with Crippen molar-refractivity contribution in [2.75, 3.05) is 32.7 Å². The minimum atomic E-state index is -0.154. The van der Waals surface area contributed by atoms with E-state index in [1.54, 1.807) is 41.3 Å². The maximum Gasteiger partial charge on any atom is 0.254 e. The van der Waals surface area contributed by atoms with Gasteiger partial charge in [-0.2, -0.15) is 0 Å². The lowest BCUT2D eigenvalue weighted by molar-refractivity contribution is -0.123. The number of nitrogens with zero attached hydrogens (tertiary/aromatic N) is 2. The summed E-state index contributed by atoms with van der Waals surface area (Å²) in [6.07, 6.45) is 0. The summed E-state index contributed by atoms with van der Waals surface area (Å²) in [7, 11) is 0. The number of piperazine rings is 1. The summed E-state index contributed by atoms with van der Waals surface area (Å²) in [6.45, 7) is 6.52. The summed E-state index contributed by atoms with van der Waals surface area (Å²) in [5, 5.41) is 2.89. The van der Waals surface area contributed by atoms with Gasteiger partial charge in [0.25, 0.3) is 5.91 Å². The SMILES string of the molecule is CC(C)NC(=O)CN1CCN(C(=O)c2ccccc2C(=O)c2ccccc2)CC1. The predicted octanol–water partition coefficient (Wildman–Crippen LogP) is 2.20. The molecule has 0 aromatic heterocycles. The molecule has 152 valence electrons. The Morgan fingerprint density at radius 3 is 2.07 bits per heavy atom. The van der Waals surface area contributed by atoms with Crippen LogP contribution in [0.25, 0.3) is 0 Å². The molecule has 2 aromatic carbocycles. The highest BCUT2D eigenvalue weighted by molar-refractivity contribution is 6.15. The number of amides is 2. The van der Waals surface area contributed by atoms with Crippen LogP contribution in [0.4, 0.5) is 0 Å². The molecule has 1 aliphatic heterocycles. The van der Waals surface area contributed by atoms with Crippen molar-refractivity contribution in [1.29, 1.82) is 0 Å². The largest absolute Gasteiger partial charge is 0.353 e. The zero-order chi connectivity index (χ0) is 20.8. The highest BCUT2D eigenvalue weighted by atomic mass is 16.2. The van der Waals surface area contributed by atoms with Crippen LogP contribution in [0.2, 0.25) is 0 Å². The summed E-state index contributed by atoms with van der Waals surface area (Å²) in [5.74, 6) is -0.298. The first-order valence-electron chi connectivity index (χ1n) is 9.95. The van der Waals surface area contributed by atoms with Crippen molar-refractivity contribution in [3.8, 4) is 0 Å². The van der Waals surface area contributed by atoms with Crippen molar-refractivity contribution in [3.63, 3.8) is 0 Å². The van der Waals surface area contributed by atoms with Crippen LogP contribution in [0.15, 0.2) is 54.6 Å². The molecular weight excluding hydrogens is 366 g/mol. The van der Waals surface area contributed by atoms with Crippen LogP contribution in [0.1, 0.15) is 40.1 Å². The van der Waals surface area contributed by atoms with E-state index >= 15 is 0 Å². The molecule has 6 heteroatoms. The minimum absolute atomic E-state index is 0.00131. The third-order valence-electron chi connectivity index (χ3n) is 4.91. The van der Waals surface area contributed by atoms with Crippen molar-refractivity contribution in [2.24, 2.45) is 0 Å². The molecule has 0 radical (unpaired) electrons. The Balaban J connectivity index is 1.66. The van der Waals surface area contributed by atoms with E-state index in [0.717, 1.165) is 0 Å². The van der Waals surface area contributed by atoms with Gasteiger partial charge in [0.05, 0.1) is 12.1 Å². The maximum atomic E-state index is 13.1. The van der Waals surface area contributed by atoms with Crippen molar-refractivity contribution in [3.05, 3.63) is 71.3 Å². The molecule has 0 spiro atoms. The molecule has 6 nitrogen and oxygen atoms in total. The number of carbonyl (C=O) groups excluding carboxylic acids is 3. The molecule has 29 heavy (non-hydrogen) atoms. The highest BCUT2D eigenvalue weighted by Crippen LogP contribution is 2.17. The van der Waals surface area contributed by atoms with Crippen LogP contribution < -0.4 is 5.32 Å². The molecule has 1 N–H and O–H groups in total. The Bertz CT molecular complexity index is 872. The molecule has 1 heterocycles. The fourth-order valence-electron chi connectivity index (χ4n) is 3.46. The van der Waals surface area contributed by atoms with Crippen molar-refractivity contribution in [2.45, 2.75) is 19.9 Å². The standard InChI is InChI=1S/C23H27N3O3/c1-17(2)24-21(27)16-25-12-14-26(15-13-25)23(29)20-11-7-6-10-19(20)22(28)18-8-4-3-5-9-18/h3-11,17H,12-16H2,1-2H3,(H,24,27). The molecule has 3 rings (SSSR count). The number of rotatable bonds is 6. The van der Waals surface area contributed by atoms with E-state index in [0.29, 0.717) is 49.4 Å². The molecule has 1 fully saturated rings. The molecule has 0 saturated carbocycles. The van der Waals surface area contributed by atoms with Crippen LogP contribution in [-0.2, 0) is 4.79 Å². The van der Waals surface area contributed by atoms with Gasteiger partial charge in [-0.15, -0.1) is 0 Å². The summed E-state index contributed by atoms with van der Waals surface area (Å²) in [4.78, 5) is 41.7. The van der Waals surface area contributed by atoms with Gasteiger partial charge in [-0.3, -0.25) is 19.3 Å². The van der Waals surface area contributed by atoms with E-state index < -0.39 is 0 Å². The zero-order valence-electron chi connectivity index (χ0n) is 16.9. The van der Waals surface area contributed by atoms with Crippen LogP contribution in [0, 0.1) is 0 Å². The lowest BCUT2D eigenvalue weighted by atomic mass is 9.97. The molecule has 0 unspecified atom stereocenters. The number of ketones is 1. The molecule has 1 aliphatic rings. The smallest absolute Gasteiger partial charge is 0.254 e. The van der Waals surface area contributed by atoms with Gasteiger partial charge in [-0.1, -0.05) is 48.5 Å². The average molecular weight is 393 g/mol. The Kier molecular flexibility index (Phi) is 6.77. The number of hydrogen-bond acceptors (Lipinski definition) is 4. The molecule has 0 atom stereocenters. The van der Waals surface area contributed by atoms with E-state index in [2.05, 4.69) is 5.32 Å². The molecule has 0 bridgehead atoms. The second-order valence-corrected chi connectivity index (χ2v) is 7.53. The highest BCUT2D eigenvalue weighted by Gasteiger charge is 2.26. The second kappa shape index (κ2) is 9.47. The summed E-state index contributed by atoms with van der Waals surface area (Å²) >= 11 is 0. The first kappa shape index (κ1) is 20.7. The lowest BCUT2D eigenvalue weighted by Crippen LogP contribution is -2.51. The summed E-state index contributed by atoms with van der Waals surface area (Å²) in [5.41, 5.74) is 1.41. The zero-order valence-corrected chi connectivity index (χ0v) is 16.9. The van der Waals surface area contributed by atoms with Crippen molar-refractivity contribution < 1.29 is 14.4 Å². The van der Waals surface area contributed by atoms with Gasteiger partial charge in [-0.05, 0) is 19.9 Å². The van der Waals surface area contributed by atoms with Crippen LogP contribution in [-0.4, -0.2) is 66.2 Å². The lowest BCUT2D eigenvalue weighted by Gasteiger charge is -2.34. The van der Waals surface area contributed by atoms with Gasteiger partial charge in [0.2, 0.25) is 5.91 Å². The number of nitrogens with one attached hydrogen (secondary N) is 1. The van der Waals surface area contributed by atoms with Gasteiger partial charge < -0.3 is 10.2 Å². The number of carbonyl (C=O) groups is 3. The van der Waals surface area contributed by atoms with Gasteiger partial charge in [0, 0.05) is 43.3 Å². The topological polar surface area (TPSA) is 69.7 Å². The van der Waals surface area contributed by atoms with Gasteiger partial charge in [0.1, 0.15) is 0 Å². The third-order valence-corrected chi connectivity index (χ3v) is 4.91. The monoisotopic (exact) mass is 393 g/mol. The quantitative estimate of drug-likeness (QED) is 0.764. The first-order valence-corrected chi connectivity index (χ1v) is 9.95. The molecule has 2 amide bonds. The Morgan fingerprint density at radius 1 is 0.862 bits per heavy atom. The number of benzene rings is 2. The van der Waals surface area contributed by atoms with Gasteiger partial charge in [-0.25, -0.2) is 0 Å². The summed E-state index contributed by atoms with van der Waals surface area (Å²) < 4.78 is 0. The molecular formula is C23H27N3O3. The Labute approximate surface area is 171 Å². The van der Waals surface area contributed by atoms with E-state index in [1.807, 2.05) is 36.9 Å². The van der Waals surface area contributed by atoms with Gasteiger partial charge in [0.15, 0.2) is 5.78 Å². The third kappa shape index (κ3) is 5.29. The van der Waals surface area contributed by atoms with E-state index in [-0.39, 0.29) is 23.6 Å². The normalized spacial score (nSPS) is 14.7.